The number of nitrogens with zero attached hydrogens (tertiary/aromatic N) is 2. The molecule has 0 aliphatic heterocycles. The van der Waals surface area contributed by atoms with Gasteiger partial charge in [0, 0.05) is 0 Å². The second-order valence-electron chi connectivity index (χ2n) is 8.98. The van der Waals surface area contributed by atoms with Crippen LogP contribution >= 0.6 is 0 Å². The van der Waals surface area contributed by atoms with Crippen LogP contribution in [0.15, 0.2) is 18.7 Å². The molecule has 0 aromatic heterocycles. The molecule has 0 aliphatic carbocycles. The monoisotopic (exact) mass is 528 g/mol. The summed E-state index contributed by atoms with van der Waals surface area (Å²) in [6, 6.07) is 9.51. The van der Waals surface area contributed by atoms with Crippen LogP contribution in [-0.4, -0.2) is 18.4 Å². The molecular weight excluding hydrogens is 483 g/mol. The van der Waals surface area contributed by atoms with Crippen LogP contribution < -0.4 is 3.58 Å². The van der Waals surface area contributed by atoms with E-state index in [1.54, 1.807) is 3.58 Å². The fourth-order valence-electron chi connectivity index (χ4n) is 4.98. The van der Waals surface area contributed by atoms with Crippen molar-refractivity contribution in [3.63, 3.8) is 0 Å². The van der Waals surface area contributed by atoms with Crippen LogP contribution in [0, 0.1) is 22.7 Å². The van der Waals surface area contributed by atoms with Gasteiger partial charge in [-0.3, -0.25) is 0 Å². The molecule has 3 heteroatoms. The molecule has 0 unspecified atom stereocenters. The first-order valence-electron chi connectivity index (χ1n) is 12.7. The molecule has 0 N–H and O–H groups in total. The molecule has 0 aliphatic rings. The third-order valence-electron chi connectivity index (χ3n) is 6.70. The van der Waals surface area contributed by atoms with E-state index in [0.29, 0.717) is 12.8 Å². The summed E-state index contributed by atoms with van der Waals surface area (Å²) in [5.74, 6) is 0. The maximum absolute atomic E-state index is 9.16. The molecule has 1 rings (SSSR count). The summed E-state index contributed by atoms with van der Waals surface area (Å²) in [5, 5.41) is 18.1. The van der Waals surface area contributed by atoms with Gasteiger partial charge < -0.3 is 0 Å². The third-order valence-corrected chi connectivity index (χ3v) is 22.5. The molecule has 1 aromatic rings. The van der Waals surface area contributed by atoms with Gasteiger partial charge in [0.1, 0.15) is 0 Å². The first-order valence-corrected chi connectivity index (χ1v) is 20.1. The Bertz CT molecular complexity index is 717. The normalized spacial score (nSPS) is 11.1. The van der Waals surface area contributed by atoms with Gasteiger partial charge in [-0.15, -0.1) is 0 Å². The summed E-state index contributed by atoms with van der Waals surface area (Å²) in [7, 11) is 0. The Labute approximate surface area is 196 Å². The number of unbranched alkanes of at least 4 members (excludes halogenated alkanes) is 5. The van der Waals surface area contributed by atoms with Gasteiger partial charge in [0.2, 0.25) is 0 Å². The van der Waals surface area contributed by atoms with Crippen LogP contribution in [0.4, 0.5) is 0 Å². The average Bonchev–Trinajstić information content (AvgIpc) is 2.79. The topological polar surface area (TPSA) is 47.6 Å². The molecule has 170 valence electrons. The molecule has 0 amide bonds. The summed E-state index contributed by atoms with van der Waals surface area (Å²) >= 11 is -2.58. The Morgan fingerprint density at radius 3 is 1.77 bits per heavy atom. The van der Waals surface area contributed by atoms with Crippen molar-refractivity contribution >= 4 is 28.0 Å². The van der Waals surface area contributed by atoms with Crippen LogP contribution in [0.3, 0.4) is 0 Å². The predicted molar refractivity (Wildman–Crippen MR) is 138 cm³/mol. The van der Waals surface area contributed by atoms with E-state index in [1.807, 2.05) is 0 Å². The maximum atomic E-state index is 9.16. The van der Waals surface area contributed by atoms with Gasteiger partial charge in [0.25, 0.3) is 0 Å². The van der Waals surface area contributed by atoms with Crippen LogP contribution in [0.1, 0.15) is 102 Å². The van der Waals surface area contributed by atoms with Gasteiger partial charge in [-0.05, 0) is 0 Å². The Morgan fingerprint density at radius 1 is 0.806 bits per heavy atom. The summed E-state index contributed by atoms with van der Waals surface area (Å²) in [4.78, 5) is 0. The number of hydrogen-bond donors (Lipinski definition) is 0. The van der Waals surface area contributed by atoms with E-state index < -0.39 is 18.4 Å². The second kappa shape index (κ2) is 16.4. The number of benzene rings is 1. The average molecular weight is 527 g/mol. The molecule has 1 aromatic carbocycles. The van der Waals surface area contributed by atoms with E-state index in [4.69, 9.17) is 10.5 Å². The van der Waals surface area contributed by atoms with Crippen molar-refractivity contribution in [3.05, 3.63) is 35.4 Å². The van der Waals surface area contributed by atoms with E-state index in [9.17, 15) is 0 Å². The molecule has 0 bridgehead atoms. The van der Waals surface area contributed by atoms with Gasteiger partial charge in [0.05, 0.1) is 0 Å². The molecule has 0 spiro atoms. The number of nitriles is 2. The molecule has 2 nitrogen and oxygen atoms in total. The SMILES string of the molecule is C=Cc1c(CCCC#N)cc[c]([Sn]([CH2]CCC)([CH2]CCC)[CH2]CCC)c1CCCC#N. The van der Waals surface area contributed by atoms with Gasteiger partial charge in [-0.25, -0.2) is 0 Å². The molecule has 0 saturated carbocycles. The minimum atomic E-state index is -2.58. The fourth-order valence-corrected chi connectivity index (χ4v) is 22.1. The van der Waals surface area contributed by atoms with Crippen molar-refractivity contribution in [3.8, 4) is 12.1 Å². The molecule has 0 heterocycles. The summed E-state index contributed by atoms with van der Waals surface area (Å²) in [6.45, 7) is 11.2. The van der Waals surface area contributed by atoms with E-state index in [1.165, 1.54) is 68.5 Å². The molecular formula is C28H44N2Sn. The zero-order chi connectivity index (χ0) is 23.0. The Balaban J connectivity index is 3.58. The Morgan fingerprint density at radius 2 is 1.32 bits per heavy atom. The summed E-state index contributed by atoms with van der Waals surface area (Å²) in [5.41, 5.74) is 4.21. The third kappa shape index (κ3) is 8.65. The Kier molecular flexibility index (Phi) is 14.7. The first-order chi connectivity index (χ1) is 15.1. The van der Waals surface area contributed by atoms with Crippen LogP contribution in [-0.2, 0) is 12.8 Å². The van der Waals surface area contributed by atoms with Crippen LogP contribution in [0.2, 0.25) is 13.3 Å². The molecule has 31 heavy (non-hydrogen) atoms. The van der Waals surface area contributed by atoms with E-state index in [0.717, 1.165) is 25.7 Å². The van der Waals surface area contributed by atoms with Crippen molar-refractivity contribution < 1.29 is 0 Å². The standard InChI is InChI=1S/C16H17N2.3C4H9.Sn/c1-2-16-14(8-3-5-12-17)10-7-11-15(16)9-4-6-13-18;3*1-3-4-2;/h2,7,10H,1,3-6,8-9H2;3*1,3-4H2,2H3;. The van der Waals surface area contributed by atoms with E-state index >= 15 is 0 Å². The Hall–Kier alpha value is -1.26. The minimum absolute atomic E-state index is 0.606. The zero-order valence-electron chi connectivity index (χ0n) is 20.4. The second-order valence-corrected chi connectivity index (χ2v) is 22.1. The molecule has 0 atom stereocenters. The fraction of sp³-hybridized carbons (Fsp3) is 0.643. The van der Waals surface area contributed by atoms with Crippen molar-refractivity contribution in [1.82, 2.24) is 0 Å². The number of hydrogen-bond acceptors (Lipinski definition) is 2. The van der Waals surface area contributed by atoms with Crippen molar-refractivity contribution in [1.29, 1.82) is 10.5 Å². The molecule has 0 radical (unpaired) electrons. The first kappa shape index (κ1) is 27.8. The van der Waals surface area contributed by atoms with Crippen LogP contribution in [0.25, 0.3) is 6.08 Å². The van der Waals surface area contributed by atoms with E-state index in [-0.39, 0.29) is 0 Å². The van der Waals surface area contributed by atoms with Crippen LogP contribution in [0.5, 0.6) is 0 Å². The molecule has 0 saturated heterocycles. The quantitative estimate of drug-likeness (QED) is 0.152. The van der Waals surface area contributed by atoms with Gasteiger partial charge in [-0.1, -0.05) is 0 Å². The van der Waals surface area contributed by atoms with Crippen molar-refractivity contribution in [2.24, 2.45) is 0 Å². The van der Waals surface area contributed by atoms with Crippen molar-refractivity contribution in [2.75, 3.05) is 0 Å². The number of aryl methyl sites for hydroxylation is 1. The zero-order valence-corrected chi connectivity index (χ0v) is 23.3. The summed E-state index contributed by atoms with van der Waals surface area (Å²) in [6.07, 6.45) is 15.0. The predicted octanol–water partition coefficient (Wildman–Crippen LogP) is 8.08. The molecule has 0 fully saturated rings. The van der Waals surface area contributed by atoms with Crippen molar-refractivity contribution in [2.45, 2.75) is 111 Å². The van der Waals surface area contributed by atoms with Gasteiger partial charge >= 0.3 is 197 Å². The van der Waals surface area contributed by atoms with Gasteiger partial charge in [-0.2, -0.15) is 0 Å². The van der Waals surface area contributed by atoms with E-state index in [2.05, 4.69) is 57.7 Å². The number of rotatable bonds is 17. The van der Waals surface area contributed by atoms with Gasteiger partial charge in [0.15, 0.2) is 0 Å². The summed E-state index contributed by atoms with van der Waals surface area (Å²) < 4.78 is 6.11.